The summed E-state index contributed by atoms with van der Waals surface area (Å²) in [6.45, 7) is 4.29. The van der Waals surface area contributed by atoms with Crippen molar-refractivity contribution in [2.45, 2.75) is 26.0 Å². The number of rotatable bonds is 5. The van der Waals surface area contributed by atoms with E-state index < -0.39 is 6.10 Å². The molecule has 0 bridgehead atoms. The highest BCUT2D eigenvalue weighted by atomic mass is 19.1. The largest absolute Gasteiger partial charge is 0.387 e. The first-order valence-electron chi connectivity index (χ1n) is 6.65. The molecule has 2 unspecified atom stereocenters. The number of pyridine rings is 1. The average Bonchev–Trinajstić information content (AvgIpc) is 2.45. The molecular weight excluding hydrogens is 255 g/mol. The molecular formula is C16H19FN2O. The van der Waals surface area contributed by atoms with E-state index in [1.54, 1.807) is 6.20 Å². The number of nitrogens with zero attached hydrogens (tertiary/aromatic N) is 1. The van der Waals surface area contributed by atoms with Gasteiger partial charge >= 0.3 is 0 Å². The van der Waals surface area contributed by atoms with Crippen LogP contribution in [0.3, 0.4) is 0 Å². The zero-order valence-electron chi connectivity index (χ0n) is 11.7. The molecule has 106 valence electrons. The first-order valence-corrected chi connectivity index (χ1v) is 6.65. The highest BCUT2D eigenvalue weighted by molar-refractivity contribution is 5.27. The summed E-state index contributed by atoms with van der Waals surface area (Å²) < 4.78 is 13.1. The molecule has 0 spiro atoms. The average molecular weight is 274 g/mol. The number of aromatic nitrogens is 1. The molecule has 0 aliphatic heterocycles. The number of aliphatic hydroxyl groups excluding tert-OH is 1. The molecule has 0 amide bonds. The van der Waals surface area contributed by atoms with Crippen LogP contribution >= 0.6 is 0 Å². The van der Waals surface area contributed by atoms with E-state index >= 15 is 0 Å². The monoisotopic (exact) mass is 274 g/mol. The summed E-state index contributed by atoms with van der Waals surface area (Å²) in [4.78, 5) is 3.83. The van der Waals surface area contributed by atoms with Crippen molar-refractivity contribution in [1.29, 1.82) is 0 Å². The molecule has 2 aromatic rings. The predicted octanol–water partition coefficient (Wildman–Crippen LogP) is 2.91. The summed E-state index contributed by atoms with van der Waals surface area (Å²) in [5.74, 6) is -0.351. The zero-order chi connectivity index (χ0) is 14.5. The molecule has 1 heterocycles. The fourth-order valence-corrected chi connectivity index (χ4v) is 2.14. The first-order chi connectivity index (χ1) is 9.58. The van der Waals surface area contributed by atoms with Gasteiger partial charge in [0.25, 0.3) is 0 Å². The molecule has 0 aliphatic carbocycles. The van der Waals surface area contributed by atoms with Crippen molar-refractivity contribution in [1.82, 2.24) is 10.3 Å². The van der Waals surface area contributed by atoms with Crippen LogP contribution in [0.4, 0.5) is 4.39 Å². The minimum Gasteiger partial charge on any atom is -0.387 e. The van der Waals surface area contributed by atoms with E-state index in [4.69, 9.17) is 0 Å². The molecule has 2 N–H and O–H groups in total. The third-order valence-electron chi connectivity index (χ3n) is 3.39. The summed E-state index contributed by atoms with van der Waals surface area (Å²) in [6, 6.07) is 9.11. The lowest BCUT2D eigenvalue weighted by Gasteiger charge is -2.18. The zero-order valence-corrected chi connectivity index (χ0v) is 11.7. The van der Waals surface area contributed by atoms with Gasteiger partial charge in [-0.2, -0.15) is 0 Å². The number of hydrogen-bond acceptors (Lipinski definition) is 3. The molecule has 1 aromatic heterocycles. The molecule has 0 saturated carbocycles. The van der Waals surface area contributed by atoms with Gasteiger partial charge < -0.3 is 10.4 Å². The minimum atomic E-state index is -0.583. The SMILES string of the molecule is Cc1ccccc1C(O)CNC(C)c1cncc(F)c1. The van der Waals surface area contributed by atoms with E-state index in [1.165, 1.54) is 12.3 Å². The summed E-state index contributed by atoms with van der Waals surface area (Å²) in [7, 11) is 0. The first kappa shape index (κ1) is 14.6. The summed E-state index contributed by atoms with van der Waals surface area (Å²) in [5, 5.41) is 13.4. The number of aliphatic hydroxyl groups is 1. The van der Waals surface area contributed by atoms with E-state index in [0.29, 0.717) is 6.54 Å². The Balaban J connectivity index is 1.97. The third kappa shape index (κ3) is 3.62. The van der Waals surface area contributed by atoms with Crippen molar-refractivity contribution in [2.75, 3.05) is 6.54 Å². The quantitative estimate of drug-likeness (QED) is 0.881. The number of benzene rings is 1. The van der Waals surface area contributed by atoms with E-state index in [-0.39, 0.29) is 11.9 Å². The second kappa shape index (κ2) is 6.59. The maximum atomic E-state index is 13.1. The number of nitrogens with one attached hydrogen (secondary N) is 1. The summed E-state index contributed by atoms with van der Waals surface area (Å²) in [6.07, 6.45) is 2.22. The fourth-order valence-electron chi connectivity index (χ4n) is 2.14. The highest BCUT2D eigenvalue weighted by Crippen LogP contribution is 2.18. The molecule has 0 fully saturated rings. The van der Waals surface area contributed by atoms with Crippen LogP contribution in [-0.4, -0.2) is 16.6 Å². The standard InChI is InChI=1S/C16H19FN2O/c1-11-5-3-4-6-15(11)16(20)10-19-12(2)13-7-14(17)9-18-8-13/h3-9,12,16,19-20H,10H2,1-2H3. The Kier molecular flexibility index (Phi) is 4.82. The van der Waals surface area contributed by atoms with Gasteiger partial charge in [0.05, 0.1) is 12.3 Å². The molecule has 2 rings (SSSR count). The van der Waals surface area contributed by atoms with E-state index in [2.05, 4.69) is 10.3 Å². The molecule has 2 atom stereocenters. The summed E-state index contributed by atoms with van der Waals surface area (Å²) >= 11 is 0. The van der Waals surface area contributed by atoms with Crippen LogP contribution in [0.15, 0.2) is 42.7 Å². The van der Waals surface area contributed by atoms with Crippen LogP contribution in [0.25, 0.3) is 0 Å². The Morgan fingerprint density at radius 3 is 2.75 bits per heavy atom. The second-order valence-electron chi connectivity index (χ2n) is 4.94. The number of halogens is 1. The second-order valence-corrected chi connectivity index (χ2v) is 4.94. The van der Waals surface area contributed by atoms with Crippen molar-refractivity contribution in [2.24, 2.45) is 0 Å². The van der Waals surface area contributed by atoms with Crippen LogP contribution in [0.2, 0.25) is 0 Å². The van der Waals surface area contributed by atoms with Crippen molar-refractivity contribution in [3.8, 4) is 0 Å². The fraction of sp³-hybridized carbons (Fsp3) is 0.312. The Morgan fingerprint density at radius 2 is 2.05 bits per heavy atom. The summed E-state index contributed by atoms with van der Waals surface area (Å²) in [5.41, 5.74) is 2.73. The van der Waals surface area contributed by atoms with Gasteiger partial charge in [-0.25, -0.2) is 4.39 Å². The molecule has 0 saturated heterocycles. The van der Waals surface area contributed by atoms with Crippen LogP contribution in [0, 0.1) is 12.7 Å². The Labute approximate surface area is 118 Å². The molecule has 3 nitrogen and oxygen atoms in total. The molecule has 20 heavy (non-hydrogen) atoms. The molecule has 4 heteroatoms. The number of aryl methyl sites for hydroxylation is 1. The highest BCUT2D eigenvalue weighted by Gasteiger charge is 2.12. The van der Waals surface area contributed by atoms with Crippen LogP contribution in [-0.2, 0) is 0 Å². The topological polar surface area (TPSA) is 45.1 Å². The minimum absolute atomic E-state index is 0.0723. The van der Waals surface area contributed by atoms with Crippen molar-refractivity contribution >= 4 is 0 Å². The van der Waals surface area contributed by atoms with Crippen molar-refractivity contribution in [3.63, 3.8) is 0 Å². The lowest BCUT2D eigenvalue weighted by Crippen LogP contribution is -2.25. The van der Waals surface area contributed by atoms with Crippen molar-refractivity contribution in [3.05, 3.63) is 65.2 Å². The van der Waals surface area contributed by atoms with Gasteiger partial charge in [0.1, 0.15) is 5.82 Å². The van der Waals surface area contributed by atoms with E-state index in [1.807, 2.05) is 38.1 Å². The van der Waals surface area contributed by atoms with Gasteiger partial charge in [-0.1, -0.05) is 24.3 Å². The van der Waals surface area contributed by atoms with Gasteiger partial charge in [0, 0.05) is 18.8 Å². The van der Waals surface area contributed by atoms with Crippen molar-refractivity contribution < 1.29 is 9.50 Å². The predicted molar refractivity (Wildman–Crippen MR) is 76.8 cm³/mol. The van der Waals surface area contributed by atoms with Gasteiger partial charge in [0.2, 0.25) is 0 Å². The Bertz CT molecular complexity index is 574. The maximum Gasteiger partial charge on any atom is 0.141 e. The van der Waals surface area contributed by atoms with Gasteiger partial charge in [-0.15, -0.1) is 0 Å². The maximum absolute atomic E-state index is 13.1. The van der Waals surface area contributed by atoms with Crippen LogP contribution in [0.5, 0.6) is 0 Å². The molecule has 1 aromatic carbocycles. The Morgan fingerprint density at radius 1 is 1.30 bits per heavy atom. The van der Waals surface area contributed by atoms with E-state index in [0.717, 1.165) is 16.7 Å². The number of hydrogen-bond donors (Lipinski definition) is 2. The van der Waals surface area contributed by atoms with Crippen LogP contribution in [0.1, 0.15) is 35.8 Å². The van der Waals surface area contributed by atoms with Gasteiger partial charge in [0.15, 0.2) is 0 Å². The smallest absolute Gasteiger partial charge is 0.141 e. The Hall–Kier alpha value is -1.78. The lowest BCUT2D eigenvalue weighted by atomic mass is 10.0. The van der Waals surface area contributed by atoms with E-state index in [9.17, 15) is 9.50 Å². The van der Waals surface area contributed by atoms with Gasteiger partial charge in [-0.05, 0) is 36.6 Å². The molecule has 0 aliphatic rings. The normalized spacial score (nSPS) is 14.0. The molecule has 0 radical (unpaired) electrons. The third-order valence-corrected chi connectivity index (χ3v) is 3.39. The van der Waals surface area contributed by atoms with Crippen LogP contribution < -0.4 is 5.32 Å². The van der Waals surface area contributed by atoms with Gasteiger partial charge in [-0.3, -0.25) is 4.98 Å². The lowest BCUT2D eigenvalue weighted by molar-refractivity contribution is 0.170.